The van der Waals surface area contributed by atoms with Gasteiger partial charge in [-0.1, -0.05) is 11.8 Å². The minimum atomic E-state index is 0.104. The lowest BCUT2D eigenvalue weighted by molar-refractivity contribution is 0.186. The molecular weight excluding hydrogens is 302 g/mol. The highest BCUT2D eigenvalue weighted by molar-refractivity contribution is 8.14. The molecule has 0 spiro atoms. The molecule has 0 saturated heterocycles. The van der Waals surface area contributed by atoms with E-state index in [1.54, 1.807) is 33.1 Å². The summed E-state index contributed by atoms with van der Waals surface area (Å²) in [5.41, 5.74) is 4.87. The molecule has 6 nitrogen and oxygen atoms in total. The topological polar surface area (TPSA) is 64.4 Å². The van der Waals surface area contributed by atoms with Gasteiger partial charge in [-0.05, 0) is 19.1 Å². The summed E-state index contributed by atoms with van der Waals surface area (Å²) in [7, 11) is 4.94. The van der Waals surface area contributed by atoms with Crippen molar-refractivity contribution in [1.82, 2.24) is 5.43 Å². The summed E-state index contributed by atoms with van der Waals surface area (Å²) >= 11 is 1.62. The van der Waals surface area contributed by atoms with E-state index in [-0.39, 0.29) is 6.04 Å². The van der Waals surface area contributed by atoms with Gasteiger partial charge in [0.2, 0.25) is 0 Å². The van der Waals surface area contributed by atoms with Crippen molar-refractivity contribution in [3.05, 3.63) is 23.8 Å². The van der Waals surface area contributed by atoms with Crippen LogP contribution in [0.4, 0.5) is 0 Å². The van der Waals surface area contributed by atoms with Gasteiger partial charge in [0.25, 0.3) is 0 Å². The molecule has 0 aromatic heterocycles. The highest BCUT2D eigenvalue weighted by atomic mass is 32.2. The Morgan fingerprint density at radius 2 is 2.14 bits per heavy atom. The van der Waals surface area contributed by atoms with E-state index in [2.05, 4.69) is 15.5 Å². The molecule has 1 aromatic rings. The van der Waals surface area contributed by atoms with Gasteiger partial charge in [0.05, 0.1) is 32.6 Å². The Bertz CT molecular complexity index is 575. The van der Waals surface area contributed by atoms with Crippen LogP contribution in [0, 0.1) is 0 Å². The molecule has 0 aliphatic carbocycles. The van der Waals surface area contributed by atoms with E-state index < -0.39 is 0 Å². The summed E-state index contributed by atoms with van der Waals surface area (Å²) in [5, 5.41) is 5.22. The number of rotatable bonds is 6. The molecule has 22 heavy (non-hydrogen) atoms. The van der Waals surface area contributed by atoms with Gasteiger partial charge in [-0.2, -0.15) is 5.10 Å². The second kappa shape index (κ2) is 8.05. The third-order valence-corrected chi connectivity index (χ3v) is 3.99. The fourth-order valence-corrected chi connectivity index (χ4v) is 2.89. The van der Waals surface area contributed by atoms with Crippen molar-refractivity contribution in [3.8, 4) is 11.5 Å². The van der Waals surface area contributed by atoms with Gasteiger partial charge in [0.15, 0.2) is 5.17 Å². The van der Waals surface area contributed by atoms with Crippen LogP contribution in [-0.4, -0.2) is 50.6 Å². The van der Waals surface area contributed by atoms with Crippen molar-refractivity contribution in [1.29, 1.82) is 0 Å². The maximum atomic E-state index is 5.42. The Kier molecular flexibility index (Phi) is 6.09. The van der Waals surface area contributed by atoms with Crippen LogP contribution in [0.1, 0.15) is 12.5 Å². The quantitative estimate of drug-likeness (QED) is 0.869. The number of nitrogens with zero attached hydrogens (tertiary/aromatic N) is 2. The SMILES string of the molecule is COCC(C)N=C1NN=C(c2ccc(OC)cc2OC)CS1. The summed E-state index contributed by atoms with van der Waals surface area (Å²) in [4.78, 5) is 4.51. The zero-order valence-electron chi connectivity index (χ0n) is 13.3. The van der Waals surface area contributed by atoms with Crippen molar-refractivity contribution >= 4 is 22.6 Å². The predicted octanol–water partition coefficient (Wildman–Crippen LogP) is 2.14. The fraction of sp³-hybridized carbons (Fsp3) is 0.467. The van der Waals surface area contributed by atoms with Crippen LogP contribution >= 0.6 is 11.8 Å². The van der Waals surface area contributed by atoms with Crippen LogP contribution in [0.15, 0.2) is 28.3 Å². The van der Waals surface area contributed by atoms with Crippen molar-refractivity contribution < 1.29 is 14.2 Å². The first-order valence-electron chi connectivity index (χ1n) is 6.92. The summed E-state index contributed by atoms with van der Waals surface area (Å²) in [6, 6.07) is 5.81. The van der Waals surface area contributed by atoms with Gasteiger partial charge < -0.3 is 14.2 Å². The number of thioether (sulfide) groups is 1. The summed E-state index contributed by atoms with van der Waals surface area (Å²) in [5.74, 6) is 2.23. The predicted molar refractivity (Wildman–Crippen MR) is 90.4 cm³/mol. The minimum Gasteiger partial charge on any atom is -0.497 e. The molecule has 0 bridgehead atoms. The number of hydrogen-bond donors (Lipinski definition) is 1. The van der Waals surface area contributed by atoms with Gasteiger partial charge in [-0.3, -0.25) is 10.4 Å². The maximum absolute atomic E-state index is 5.42. The van der Waals surface area contributed by atoms with Crippen molar-refractivity contribution in [3.63, 3.8) is 0 Å². The average molecular weight is 323 g/mol. The van der Waals surface area contributed by atoms with Crippen LogP contribution in [-0.2, 0) is 4.74 Å². The second-order valence-electron chi connectivity index (χ2n) is 4.76. The molecule has 0 radical (unpaired) electrons. The van der Waals surface area contributed by atoms with Crippen molar-refractivity contribution in [2.45, 2.75) is 13.0 Å². The van der Waals surface area contributed by atoms with E-state index in [9.17, 15) is 0 Å². The standard InChI is InChI=1S/C15H21N3O3S/c1-10(8-19-2)16-15-18-17-13(9-22-15)12-6-5-11(20-3)7-14(12)21-4/h5-7,10H,8-9H2,1-4H3,(H,16,18). The number of amidine groups is 1. The first kappa shape index (κ1) is 16.6. The Morgan fingerprint density at radius 1 is 1.32 bits per heavy atom. The maximum Gasteiger partial charge on any atom is 0.177 e. The molecule has 1 atom stereocenters. The number of methoxy groups -OCH3 is 3. The van der Waals surface area contributed by atoms with E-state index in [4.69, 9.17) is 14.2 Å². The fourth-order valence-electron chi connectivity index (χ4n) is 2.04. The Labute approximate surface area is 134 Å². The minimum absolute atomic E-state index is 0.104. The summed E-state index contributed by atoms with van der Waals surface area (Å²) < 4.78 is 15.7. The molecular formula is C15H21N3O3S. The van der Waals surface area contributed by atoms with Crippen LogP contribution < -0.4 is 14.9 Å². The zero-order valence-corrected chi connectivity index (χ0v) is 14.1. The van der Waals surface area contributed by atoms with Crippen LogP contribution in [0.25, 0.3) is 0 Å². The summed E-state index contributed by atoms with van der Waals surface area (Å²) in [6.45, 7) is 2.60. The van der Waals surface area contributed by atoms with Crippen molar-refractivity contribution in [2.75, 3.05) is 33.7 Å². The number of nitrogens with one attached hydrogen (secondary N) is 1. The molecule has 1 aliphatic heterocycles. The molecule has 0 saturated carbocycles. The monoisotopic (exact) mass is 323 g/mol. The summed E-state index contributed by atoms with van der Waals surface area (Å²) in [6.07, 6.45) is 0. The second-order valence-corrected chi connectivity index (χ2v) is 5.73. The Hall–Kier alpha value is -1.73. The Morgan fingerprint density at radius 3 is 2.73 bits per heavy atom. The van der Waals surface area contributed by atoms with Gasteiger partial charge in [-0.25, -0.2) is 0 Å². The van der Waals surface area contributed by atoms with E-state index >= 15 is 0 Å². The first-order chi connectivity index (χ1) is 10.7. The number of benzene rings is 1. The molecule has 2 rings (SSSR count). The smallest absolute Gasteiger partial charge is 0.177 e. The lowest BCUT2D eigenvalue weighted by Gasteiger charge is -2.18. The number of ether oxygens (including phenoxy) is 3. The molecule has 1 unspecified atom stereocenters. The van der Waals surface area contributed by atoms with Gasteiger partial charge in [0.1, 0.15) is 11.5 Å². The average Bonchev–Trinajstić information content (AvgIpc) is 2.55. The molecule has 0 fully saturated rings. The van der Waals surface area contributed by atoms with Gasteiger partial charge in [-0.15, -0.1) is 0 Å². The third-order valence-electron chi connectivity index (χ3n) is 3.10. The molecule has 1 heterocycles. The van der Waals surface area contributed by atoms with E-state index in [0.717, 1.165) is 33.7 Å². The first-order valence-corrected chi connectivity index (χ1v) is 7.91. The van der Waals surface area contributed by atoms with E-state index in [0.29, 0.717) is 6.61 Å². The number of hydrazone groups is 1. The molecule has 120 valence electrons. The molecule has 1 N–H and O–H groups in total. The van der Waals surface area contributed by atoms with E-state index in [1.807, 2.05) is 25.1 Å². The van der Waals surface area contributed by atoms with Crippen molar-refractivity contribution in [2.24, 2.45) is 10.1 Å². The molecule has 7 heteroatoms. The van der Waals surface area contributed by atoms with Crippen LogP contribution in [0.3, 0.4) is 0 Å². The van der Waals surface area contributed by atoms with Gasteiger partial charge >= 0.3 is 0 Å². The molecule has 1 aromatic carbocycles. The lowest BCUT2D eigenvalue weighted by Crippen LogP contribution is -2.27. The number of aliphatic imine (C=N–C) groups is 1. The highest BCUT2D eigenvalue weighted by Gasteiger charge is 2.17. The lowest BCUT2D eigenvalue weighted by atomic mass is 10.1. The van der Waals surface area contributed by atoms with Crippen LogP contribution in [0.5, 0.6) is 11.5 Å². The normalized spacial score (nSPS) is 17.6. The molecule has 1 aliphatic rings. The molecule has 0 amide bonds. The third kappa shape index (κ3) is 4.14. The zero-order chi connectivity index (χ0) is 15.9. The van der Waals surface area contributed by atoms with Gasteiger partial charge in [0, 0.05) is 24.5 Å². The Balaban J connectivity index is 2.14. The van der Waals surface area contributed by atoms with E-state index in [1.165, 1.54) is 0 Å². The largest absolute Gasteiger partial charge is 0.497 e. The highest BCUT2D eigenvalue weighted by Crippen LogP contribution is 2.27. The number of hydrogen-bond acceptors (Lipinski definition) is 6. The van der Waals surface area contributed by atoms with Crippen LogP contribution in [0.2, 0.25) is 0 Å².